The van der Waals surface area contributed by atoms with Gasteiger partial charge >= 0.3 is 5.63 Å². The van der Waals surface area contributed by atoms with Crippen LogP contribution in [0.5, 0.6) is 0 Å². The summed E-state index contributed by atoms with van der Waals surface area (Å²) in [6.45, 7) is 0. The first kappa shape index (κ1) is 17.2. The Kier molecular flexibility index (Phi) is 3.86. The van der Waals surface area contributed by atoms with Gasteiger partial charge in [0.2, 0.25) is 11.8 Å². The second-order valence-corrected chi connectivity index (χ2v) is 7.87. The number of carbonyl (C=O) groups excluding carboxylic acids is 3. The Balaban J connectivity index is 1.43. The molecular formula is C21H20N2O5. The third-order valence-corrected chi connectivity index (χ3v) is 6.27. The minimum absolute atomic E-state index is 0.0439. The molecule has 0 saturated carbocycles. The minimum atomic E-state index is -0.630. The van der Waals surface area contributed by atoms with E-state index in [1.54, 1.807) is 29.2 Å². The Labute approximate surface area is 160 Å². The SMILES string of the molecule is O=C1CCC(=O)N1C1CC2CCC(C1)N2C(=O)c1cc2ccccc2oc1=O. The predicted octanol–water partition coefficient (Wildman–Crippen LogP) is 2.08. The van der Waals surface area contributed by atoms with E-state index >= 15 is 0 Å². The number of hydrogen-bond acceptors (Lipinski definition) is 5. The molecule has 7 nitrogen and oxygen atoms in total. The van der Waals surface area contributed by atoms with E-state index in [0.29, 0.717) is 23.8 Å². The molecule has 0 radical (unpaired) electrons. The molecule has 144 valence electrons. The number of likely N-dealkylation sites (tertiary alicyclic amines) is 1. The van der Waals surface area contributed by atoms with E-state index in [4.69, 9.17) is 4.42 Å². The number of amides is 3. The van der Waals surface area contributed by atoms with Gasteiger partial charge < -0.3 is 9.32 Å². The Morgan fingerprint density at radius 3 is 2.25 bits per heavy atom. The number of carbonyl (C=O) groups is 3. The molecule has 2 bridgehead atoms. The summed E-state index contributed by atoms with van der Waals surface area (Å²) in [6, 6.07) is 8.44. The molecular weight excluding hydrogens is 360 g/mol. The number of nitrogens with zero attached hydrogens (tertiary/aromatic N) is 2. The second kappa shape index (κ2) is 6.29. The van der Waals surface area contributed by atoms with Crippen molar-refractivity contribution in [3.05, 3.63) is 46.3 Å². The van der Waals surface area contributed by atoms with Crippen molar-refractivity contribution < 1.29 is 18.8 Å². The first-order valence-electron chi connectivity index (χ1n) is 9.73. The highest BCUT2D eigenvalue weighted by molar-refractivity contribution is 6.02. The Bertz CT molecular complexity index is 1030. The first-order chi connectivity index (χ1) is 13.5. The van der Waals surface area contributed by atoms with Crippen LogP contribution in [-0.4, -0.2) is 45.6 Å². The van der Waals surface area contributed by atoms with E-state index in [9.17, 15) is 19.2 Å². The smallest absolute Gasteiger partial charge is 0.349 e. The fourth-order valence-corrected chi connectivity index (χ4v) is 5.04. The topological polar surface area (TPSA) is 87.9 Å². The van der Waals surface area contributed by atoms with Crippen LogP contribution in [-0.2, 0) is 9.59 Å². The van der Waals surface area contributed by atoms with E-state index < -0.39 is 5.63 Å². The quantitative estimate of drug-likeness (QED) is 0.588. The largest absolute Gasteiger partial charge is 0.422 e. The van der Waals surface area contributed by atoms with Gasteiger partial charge in [0.25, 0.3) is 5.91 Å². The van der Waals surface area contributed by atoms with Crippen LogP contribution in [0, 0.1) is 0 Å². The van der Waals surface area contributed by atoms with Gasteiger partial charge in [-0.1, -0.05) is 18.2 Å². The van der Waals surface area contributed by atoms with E-state index in [-0.39, 0.29) is 54.3 Å². The van der Waals surface area contributed by atoms with Gasteiger partial charge in [0.05, 0.1) is 0 Å². The monoisotopic (exact) mass is 380 g/mol. The summed E-state index contributed by atoms with van der Waals surface area (Å²) in [5.74, 6) is -0.529. The molecule has 2 atom stereocenters. The van der Waals surface area contributed by atoms with Crippen LogP contribution < -0.4 is 5.63 Å². The van der Waals surface area contributed by atoms with E-state index in [0.717, 1.165) is 12.8 Å². The van der Waals surface area contributed by atoms with Crippen LogP contribution in [0.25, 0.3) is 11.0 Å². The molecule has 28 heavy (non-hydrogen) atoms. The summed E-state index contributed by atoms with van der Waals surface area (Å²) in [5, 5.41) is 0.709. The number of imide groups is 1. The highest BCUT2D eigenvalue weighted by Gasteiger charge is 2.48. The lowest BCUT2D eigenvalue weighted by Gasteiger charge is -2.41. The van der Waals surface area contributed by atoms with Gasteiger partial charge in [0.15, 0.2) is 0 Å². The van der Waals surface area contributed by atoms with Crippen molar-refractivity contribution in [2.75, 3.05) is 0 Å². The number of piperidine rings is 1. The molecule has 0 spiro atoms. The Hall–Kier alpha value is -2.96. The molecule has 3 amide bonds. The second-order valence-electron chi connectivity index (χ2n) is 7.87. The van der Waals surface area contributed by atoms with Gasteiger partial charge in [-0.15, -0.1) is 0 Å². The molecule has 4 heterocycles. The van der Waals surface area contributed by atoms with Gasteiger partial charge in [-0.2, -0.15) is 0 Å². The van der Waals surface area contributed by atoms with Gasteiger partial charge in [-0.25, -0.2) is 4.79 Å². The number of rotatable bonds is 2. The summed E-state index contributed by atoms with van der Waals surface area (Å²) in [6.07, 6.45) is 3.37. The van der Waals surface area contributed by atoms with Crippen molar-refractivity contribution in [1.29, 1.82) is 0 Å². The molecule has 3 aliphatic heterocycles. The lowest BCUT2D eigenvalue weighted by atomic mass is 9.95. The molecule has 2 unspecified atom stereocenters. The maximum absolute atomic E-state index is 13.2. The fraction of sp³-hybridized carbons (Fsp3) is 0.429. The number of fused-ring (bicyclic) bond motifs is 3. The Morgan fingerprint density at radius 1 is 0.929 bits per heavy atom. The van der Waals surface area contributed by atoms with E-state index in [2.05, 4.69) is 0 Å². The summed E-state index contributed by atoms with van der Waals surface area (Å²) >= 11 is 0. The third kappa shape index (κ3) is 2.57. The highest BCUT2D eigenvalue weighted by atomic mass is 16.4. The van der Waals surface area contributed by atoms with Gasteiger partial charge in [-0.3, -0.25) is 19.3 Å². The van der Waals surface area contributed by atoms with Crippen molar-refractivity contribution >= 4 is 28.7 Å². The van der Waals surface area contributed by atoms with Gasteiger partial charge in [0.1, 0.15) is 11.1 Å². The molecule has 3 aliphatic rings. The zero-order valence-corrected chi connectivity index (χ0v) is 15.3. The van der Waals surface area contributed by atoms with Gasteiger partial charge in [0, 0.05) is 36.4 Å². The average molecular weight is 380 g/mol. The fourth-order valence-electron chi connectivity index (χ4n) is 5.04. The van der Waals surface area contributed by atoms with Crippen LogP contribution in [0.2, 0.25) is 0 Å². The van der Waals surface area contributed by atoms with Crippen molar-refractivity contribution in [1.82, 2.24) is 9.80 Å². The number of para-hydroxylation sites is 1. The highest BCUT2D eigenvalue weighted by Crippen LogP contribution is 2.39. The van der Waals surface area contributed by atoms with Crippen LogP contribution in [0.15, 0.2) is 39.5 Å². The van der Waals surface area contributed by atoms with Crippen molar-refractivity contribution in [2.24, 2.45) is 0 Å². The maximum Gasteiger partial charge on any atom is 0.349 e. The minimum Gasteiger partial charge on any atom is -0.422 e. The third-order valence-electron chi connectivity index (χ3n) is 6.27. The average Bonchev–Trinajstić information content (AvgIpc) is 3.15. The van der Waals surface area contributed by atoms with Gasteiger partial charge in [-0.05, 0) is 37.8 Å². The molecule has 0 N–H and O–H groups in total. The molecule has 7 heteroatoms. The maximum atomic E-state index is 13.2. The number of benzene rings is 1. The van der Waals surface area contributed by atoms with Crippen LogP contribution >= 0.6 is 0 Å². The number of hydrogen-bond donors (Lipinski definition) is 0. The van der Waals surface area contributed by atoms with Crippen molar-refractivity contribution in [3.8, 4) is 0 Å². The molecule has 2 aromatic rings. The first-order valence-corrected chi connectivity index (χ1v) is 9.73. The van der Waals surface area contributed by atoms with Crippen LogP contribution in [0.4, 0.5) is 0 Å². The van der Waals surface area contributed by atoms with Crippen LogP contribution in [0.1, 0.15) is 48.9 Å². The van der Waals surface area contributed by atoms with E-state index in [1.165, 1.54) is 4.90 Å². The Morgan fingerprint density at radius 2 is 1.57 bits per heavy atom. The zero-order valence-electron chi connectivity index (χ0n) is 15.3. The molecule has 1 aromatic heterocycles. The normalized spacial score (nSPS) is 27.1. The summed E-state index contributed by atoms with van der Waals surface area (Å²) in [4.78, 5) is 53.0. The lowest BCUT2D eigenvalue weighted by Crippen LogP contribution is -2.54. The van der Waals surface area contributed by atoms with Crippen molar-refractivity contribution in [3.63, 3.8) is 0 Å². The lowest BCUT2D eigenvalue weighted by molar-refractivity contribution is -0.142. The van der Waals surface area contributed by atoms with Crippen LogP contribution in [0.3, 0.4) is 0 Å². The standard InChI is InChI=1S/C21H20N2O5/c24-18-7-8-19(25)23(18)15-10-13-5-6-14(11-15)22(13)20(26)16-9-12-3-1-2-4-17(12)28-21(16)27/h1-4,9,13-15H,5-8,10-11H2. The summed E-state index contributed by atoms with van der Waals surface area (Å²) in [7, 11) is 0. The summed E-state index contributed by atoms with van der Waals surface area (Å²) in [5.41, 5.74) is -0.130. The molecule has 3 saturated heterocycles. The zero-order chi connectivity index (χ0) is 19.4. The molecule has 1 aromatic carbocycles. The molecule has 3 fully saturated rings. The molecule has 5 rings (SSSR count). The molecule has 0 aliphatic carbocycles. The van der Waals surface area contributed by atoms with E-state index in [1.807, 2.05) is 6.07 Å². The summed E-state index contributed by atoms with van der Waals surface area (Å²) < 4.78 is 5.33. The predicted molar refractivity (Wildman–Crippen MR) is 99.6 cm³/mol. The van der Waals surface area contributed by atoms with Crippen molar-refractivity contribution in [2.45, 2.75) is 56.7 Å².